The van der Waals surface area contributed by atoms with Crippen LogP contribution in [0.1, 0.15) is 43.5 Å². The summed E-state index contributed by atoms with van der Waals surface area (Å²) in [6.45, 7) is 3.27. The Labute approximate surface area is 104 Å². The summed E-state index contributed by atoms with van der Waals surface area (Å²) in [4.78, 5) is 1.50. The van der Waals surface area contributed by atoms with Crippen molar-refractivity contribution in [3.63, 3.8) is 0 Å². The number of halogens is 1. The predicted octanol–water partition coefficient (Wildman–Crippen LogP) is 4.35. The lowest BCUT2D eigenvalue weighted by molar-refractivity contribution is 0.379. The van der Waals surface area contributed by atoms with Gasteiger partial charge in [-0.2, -0.15) is 0 Å². The van der Waals surface area contributed by atoms with Crippen molar-refractivity contribution in [2.45, 2.75) is 38.6 Å². The quantitative estimate of drug-likeness (QED) is 0.868. The summed E-state index contributed by atoms with van der Waals surface area (Å²) in [7, 11) is 0. The zero-order valence-corrected chi connectivity index (χ0v) is 11.5. The number of thiophene rings is 1. The fourth-order valence-electron chi connectivity index (χ4n) is 2.51. The van der Waals surface area contributed by atoms with Crippen LogP contribution < -0.4 is 5.32 Å². The van der Waals surface area contributed by atoms with Gasteiger partial charge in [0.05, 0.1) is 3.79 Å². The number of hydrogen-bond donors (Lipinski definition) is 1. The van der Waals surface area contributed by atoms with E-state index in [9.17, 15) is 0 Å². The highest BCUT2D eigenvalue weighted by molar-refractivity contribution is 9.11. The first-order chi connectivity index (χ1) is 7.31. The lowest BCUT2D eigenvalue weighted by atomic mass is 9.97. The van der Waals surface area contributed by atoms with Gasteiger partial charge in [-0.25, -0.2) is 0 Å². The van der Waals surface area contributed by atoms with Crippen molar-refractivity contribution in [2.24, 2.45) is 5.92 Å². The minimum atomic E-state index is 0.591. The van der Waals surface area contributed by atoms with Crippen molar-refractivity contribution in [2.75, 3.05) is 6.54 Å². The third kappa shape index (κ3) is 2.83. The Bertz CT molecular complexity index is 304. The summed E-state index contributed by atoms with van der Waals surface area (Å²) in [5, 5.41) is 3.64. The van der Waals surface area contributed by atoms with Gasteiger partial charge in [-0.3, -0.25) is 0 Å². The molecular formula is C12H18BrNS. The molecule has 0 spiro atoms. The van der Waals surface area contributed by atoms with E-state index in [4.69, 9.17) is 0 Å². The summed E-state index contributed by atoms with van der Waals surface area (Å²) in [5.74, 6) is 0.857. The SMILES string of the molecule is CCNC(c1ccc(Br)s1)C1CCCC1. The van der Waals surface area contributed by atoms with Gasteiger partial charge in [0.2, 0.25) is 0 Å². The van der Waals surface area contributed by atoms with Crippen LogP contribution in [-0.2, 0) is 0 Å². The topological polar surface area (TPSA) is 12.0 Å². The molecular weight excluding hydrogens is 270 g/mol. The summed E-state index contributed by atoms with van der Waals surface area (Å²) in [5.41, 5.74) is 0. The third-order valence-corrected chi connectivity index (χ3v) is 4.90. The van der Waals surface area contributed by atoms with Gasteiger partial charge < -0.3 is 5.32 Å². The molecule has 15 heavy (non-hydrogen) atoms. The summed E-state index contributed by atoms with van der Waals surface area (Å²) >= 11 is 5.43. The molecule has 1 aromatic heterocycles. The maximum atomic E-state index is 3.64. The molecule has 1 aliphatic rings. The Hall–Kier alpha value is 0.140. The van der Waals surface area contributed by atoms with Crippen molar-refractivity contribution in [3.8, 4) is 0 Å². The van der Waals surface area contributed by atoms with Gasteiger partial charge in [0.15, 0.2) is 0 Å². The molecule has 1 heterocycles. The average Bonchev–Trinajstić information content (AvgIpc) is 2.85. The first-order valence-corrected chi connectivity index (χ1v) is 7.41. The van der Waals surface area contributed by atoms with Gasteiger partial charge in [-0.15, -0.1) is 11.3 Å². The standard InChI is InChI=1S/C12H18BrNS/c1-2-14-12(9-5-3-4-6-9)10-7-8-11(13)15-10/h7-9,12,14H,2-6H2,1H3. The van der Waals surface area contributed by atoms with Gasteiger partial charge in [0.25, 0.3) is 0 Å². The zero-order chi connectivity index (χ0) is 10.7. The lowest BCUT2D eigenvalue weighted by Crippen LogP contribution is -2.26. The fraction of sp³-hybridized carbons (Fsp3) is 0.667. The van der Waals surface area contributed by atoms with Crippen LogP contribution in [0.5, 0.6) is 0 Å². The first-order valence-electron chi connectivity index (χ1n) is 5.80. The van der Waals surface area contributed by atoms with Crippen molar-refractivity contribution in [3.05, 3.63) is 20.8 Å². The molecule has 0 saturated heterocycles. The molecule has 1 atom stereocenters. The highest BCUT2D eigenvalue weighted by Crippen LogP contribution is 2.39. The number of nitrogens with one attached hydrogen (secondary N) is 1. The molecule has 84 valence electrons. The van der Waals surface area contributed by atoms with Crippen molar-refractivity contribution in [1.29, 1.82) is 0 Å². The van der Waals surface area contributed by atoms with E-state index in [1.807, 2.05) is 11.3 Å². The van der Waals surface area contributed by atoms with Crippen LogP contribution in [0.3, 0.4) is 0 Å². The number of hydrogen-bond acceptors (Lipinski definition) is 2. The Kier molecular flexibility index (Phi) is 4.23. The Morgan fingerprint density at radius 1 is 1.47 bits per heavy atom. The summed E-state index contributed by atoms with van der Waals surface area (Å²) < 4.78 is 1.25. The number of rotatable bonds is 4. The maximum absolute atomic E-state index is 3.64. The third-order valence-electron chi connectivity index (χ3n) is 3.20. The van der Waals surface area contributed by atoms with Crippen LogP contribution >= 0.6 is 27.3 Å². The van der Waals surface area contributed by atoms with Crippen LogP contribution in [0.15, 0.2) is 15.9 Å². The molecule has 1 aliphatic carbocycles. The Morgan fingerprint density at radius 2 is 2.20 bits per heavy atom. The van der Waals surface area contributed by atoms with Crippen LogP contribution in [0.25, 0.3) is 0 Å². The van der Waals surface area contributed by atoms with Crippen molar-refractivity contribution < 1.29 is 0 Å². The molecule has 1 saturated carbocycles. The van der Waals surface area contributed by atoms with Crippen LogP contribution in [-0.4, -0.2) is 6.54 Å². The molecule has 0 radical (unpaired) electrons. The minimum Gasteiger partial charge on any atom is -0.309 e. The molecule has 1 nitrogen and oxygen atoms in total. The fourth-order valence-corrected chi connectivity index (χ4v) is 4.10. The van der Waals surface area contributed by atoms with Gasteiger partial charge in [0.1, 0.15) is 0 Å². The first kappa shape index (κ1) is 11.6. The maximum Gasteiger partial charge on any atom is 0.0701 e. The van der Waals surface area contributed by atoms with Gasteiger partial charge in [-0.05, 0) is 53.4 Å². The second-order valence-electron chi connectivity index (χ2n) is 4.22. The highest BCUT2D eigenvalue weighted by Gasteiger charge is 2.26. The largest absolute Gasteiger partial charge is 0.309 e. The molecule has 1 fully saturated rings. The van der Waals surface area contributed by atoms with E-state index in [0.29, 0.717) is 6.04 Å². The molecule has 1 unspecified atom stereocenters. The summed E-state index contributed by atoms with van der Waals surface area (Å²) in [6.07, 6.45) is 5.62. The Balaban J connectivity index is 2.11. The van der Waals surface area contributed by atoms with E-state index >= 15 is 0 Å². The molecule has 1 N–H and O–H groups in total. The molecule has 0 bridgehead atoms. The summed E-state index contributed by atoms with van der Waals surface area (Å²) in [6, 6.07) is 5.02. The van der Waals surface area contributed by atoms with Crippen LogP contribution in [0, 0.1) is 5.92 Å². The van der Waals surface area contributed by atoms with E-state index in [1.165, 1.54) is 34.3 Å². The monoisotopic (exact) mass is 287 g/mol. The molecule has 0 amide bonds. The molecule has 3 heteroatoms. The second-order valence-corrected chi connectivity index (χ2v) is 6.72. The van der Waals surface area contributed by atoms with E-state index in [2.05, 4.69) is 40.3 Å². The molecule has 0 aromatic carbocycles. The molecule has 1 aromatic rings. The molecule has 0 aliphatic heterocycles. The van der Waals surface area contributed by atoms with Crippen LogP contribution in [0.4, 0.5) is 0 Å². The average molecular weight is 288 g/mol. The predicted molar refractivity (Wildman–Crippen MR) is 70.4 cm³/mol. The van der Waals surface area contributed by atoms with Crippen molar-refractivity contribution in [1.82, 2.24) is 5.32 Å². The van der Waals surface area contributed by atoms with E-state index < -0.39 is 0 Å². The smallest absolute Gasteiger partial charge is 0.0701 e. The minimum absolute atomic E-state index is 0.591. The van der Waals surface area contributed by atoms with E-state index in [0.717, 1.165) is 12.5 Å². The van der Waals surface area contributed by atoms with Crippen molar-refractivity contribution >= 4 is 27.3 Å². The van der Waals surface area contributed by atoms with Gasteiger partial charge >= 0.3 is 0 Å². The normalized spacial score (nSPS) is 19.6. The van der Waals surface area contributed by atoms with Crippen LogP contribution in [0.2, 0.25) is 0 Å². The van der Waals surface area contributed by atoms with E-state index in [-0.39, 0.29) is 0 Å². The second kappa shape index (κ2) is 5.46. The zero-order valence-electron chi connectivity index (χ0n) is 9.13. The Morgan fingerprint density at radius 3 is 2.73 bits per heavy atom. The highest BCUT2D eigenvalue weighted by atomic mass is 79.9. The van der Waals surface area contributed by atoms with Gasteiger partial charge in [0, 0.05) is 10.9 Å². The lowest BCUT2D eigenvalue weighted by Gasteiger charge is -2.23. The van der Waals surface area contributed by atoms with E-state index in [1.54, 1.807) is 0 Å². The molecule has 2 rings (SSSR count). The van der Waals surface area contributed by atoms with Gasteiger partial charge in [-0.1, -0.05) is 19.8 Å².